The van der Waals surface area contributed by atoms with E-state index in [1.54, 1.807) is 26.8 Å². The van der Waals surface area contributed by atoms with Crippen LogP contribution in [0.15, 0.2) is 59.8 Å². The first-order chi connectivity index (χ1) is 13.8. The zero-order valence-corrected chi connectivity index (χ0v) is 16.5. The van der Waals surface area contributed by atoms with Gasteiger partial charge < -0.3 is 20.3 Å². The van der Waals surface area contributed by atoms with E-state index in [0.29, 0.717) is 17.8 Å². The Morgan fingerprint density at radius 2 is 1.83 bits per heavy atom. The van der Waals surface area contributed by atoms with E-state index in [1.807, 2.05) is 30.3 Å². The summed E-state index contributed by atoms with van der Waals surface area (Å²) in [7, 11) is 0. The largest absolute Gasteiger partial charge is 0.504 e. The molecule has 1 aliphatic heterocycles. The molecule has 0 saturated heterocycles. The van der Waals surface area contributed by atoms with Crippen LogP contribution < -0.4 is 5.32 Å². The van der Waals surface area contributed by atoms with Crippen LogP contribution in [0.5, 0.6) is 11.5 Å². The van der Waals surface area contributed by atoms with Crippen LogP contribution in [0.4, 0.5) is 4.79 Å². The average molecular weight is 396 g/mol. The van der Waals surface area contributed by atoms with Gasteiger partial charge in [0.05, 0.1) is 24.3 Å². The molecule has 152 valence electrons. The molecule has 0 radical (unpaired) electrons. The van der Waals surface area contributed by atoms with Crippen molar-refractivity contribution in [3.63, 3.8) is 0 Å². The Bertz CT molecular complexity index is 953. The van der Waals surface area contributed by atoms with Crippen LogP contribution in [-0.2, 0) is 16.1 Å². The lowest BCUT2D eigenvalue weighted by molar-refractivity contribution is -0.143. The van der Waals surface area contributed by atoms with Crippen molar-refractivity contribution in [1.29, 1.82) is 0 Å². The van der Waals surface area contributed by atoms with Gasteiger partial charge >= 0.3 is 12.0 Å². The lowest BCUT2D eigenvalue weighted by Crippen LogP contribution is -2.47. The number of ether oxygens (including phenoxy) is 1. The number of carbonyl (C=O) groups is 2. The number of benzene rings is 2. The average Bonchev–Trinajstić information content (AvgIpc) is 2.67. The van der Waals surface area contributed by atoms with Crippen molar-refractivity contribution < 1.29 is 24.5 Å². The topological polar surface area (TPSA) is 99.1 Å². The number of nitrogens with zero attached hydrogens (tertiary/aromatic N) is 1. The summed E-state index contributed by atoms with van der Waals surface area (Å²) in [6.07, 6.45) is -0.336. The fourth-order valence-electron chi connectivity index (χ4n) is 3.25. The van der Waals surface area contributed by atoms with E-state index in [0.717, 1.165) is 5.56 Å². The van der Waals surface area contributed by atoms with Crippen LogP contribution in [0.25, 0.3) is 0 Å². The van der Waals surface area contributed by atoms with Crippen LogP contribution in [0.3, 0.4) is 0 Å². The number of urea groups is 1. The third-order valence-corrected chi connectivity index (χ3v) is 4.68. The molecular formula is C22H24N2O5. The molecular weight excluding hydrogens is 372 g/mol. The molecule has 1 atom stereocenters. The first kappa shape index (κ1) is 20.3. The highest BCUT2D eigenvalue weighted by atomic mass is 16.5. The van der Waals surface area contributed by atoms with E-state index in [9.17, 15) is 19.8 Å². The number of aromatic hydroxyl groups is 2. The van der Waals surface area contributed by atoms with Gasteiger partial charge in [0.25, 0.3) is 0 Å². The van der Waals surface area contributed by atoms with Gasteiger partial charge in [-0.2, -0.15) is 0 Å². The maximum atomic E-state index is 12.9. The van der Waals surface area contributed by atoms with Crippen LogP contribution in [-0.4, -0.2) is 33.2 Å². The van der Waals surface area contributed by atoms with E-state index in [1.165, 1.54) is 17.0 Å². The Morgan fingerprint density at radius 3 is 2.45 bits per heavy atom. The molecule has 29 heavy (non-hydrogen) atoms. The number of phenolic OH excluding ortho intramolecular Hbond substituents is 2. The van der Waals surface area contributed by atoms with Gasteiger partial charge in [0.15, 0.2) is 11.5 Å². The monoisotopic (exact) mass is 396 g/mol. The number of esters is 1. The number of nitrogens with one attached hydrogen (secondary N) is 1. The van der Waals surface area contributed by atoms with Crippen LogP contribution in [0, 0.1) is 0 Å². The Kier molecular flexibility index (Phi) is 5.77. The van der Waals surface area contributed by atoms with Gasteiger partial charge in [-0.25, -0.2) is 9.59 Å². The molecule has 0 bridgehead atoms. The zero-order valence-electron chi connectivity index (χ0n) is 16.5. The first-order valence-electron chi connectivity index (χ1n) is 9.33. The standard InChI is InChI=1S/C22H24N2O5/c1-13(2)29-21(27)19-14(3)24(12-15-7-5-4-6-8-15)22(28)23-20(19)16-9-10-17(25)18(26)11-16/h4-11,13,20,25-26H,12H2,1-3H3,(H,23,28). The second kappa shape index (κ2) is 8.26. The third-order valence-electron chi connectivity index (χ3n) is 4.68. The van der Waals surface area contributed by atoms with Crippen molar-refractivity contribution >= 4 is 12.0 Å². The molecule has 2 aromatic carbocycles. The number of hydrogen-bond acceptors (Lipinski definition) is 5. The number of phenols is 2. The summed E-state index contributed by atoms with van der Waals surface area (Å²) >= 11 is 0. The molecule has 2 amide bonds. The normalized spacial score (nSPS) is 16.8. The van der Waals surface area contributed by atoms with Gasteiger partial charge in [-0.15, -0.1) is 0 Å². The second-order valence-corrected chi connectivity index (χ2v) is 7.16. The number of amides is 2. The smallest absolute Gasteiger partial charge is 0.338 e. The summed E-state index contributed by atoms with van der Waals surface area (Å²) in [4.78, 5) is 27.2. The van der Waals surface area contributed by atoms with E-state index >= 15 is 0 Å². The quantitative estimate of drug-likeness (QED) is 0.530. The van der Waals surface area contributed by atoms with E-state index in [-0.39, 0.29) is 29.2 Å². The minimum absolute atomic E-state index is 0.277. The molecule has 0 spiro atoms. The summed E-state index contributed by atoms with van der Waals surface area (Å²) < 4.78 is 5.41. The highest BCUT2D eigenvalue weighted by Gasteiger charge is 2.37. The van der Waals surface area contributed by atoms with E-state index in [2.05, 4.69) is 5.32 Å². The zero-order chi connectivity index (χ0) is 21.1. The summed E-state index contributed by atoms with van der Waals surface area (Å²) in [5.41, 5.74) is 2.13. The van der Waals surface area contributed by atoms with Crippen molar-refractivity contribution in [3.8, 4) is 11.5 Å². The van der Waals surface area contributed by atoms with Gasteiger partial charge in [0.2, 0.25) is 0 Å². The molecule has 1 unspecified atom stereocenters. The Hall–Kier alpha value is -3.48. The number of hydrogen-bond donors (Lipinski definition) is 3. The van der Waals surface area contributed by atoms with Gasteiger partial charge in [-0.3, -0.25) is 4.90 Å². The van der Waals surface area contributed by atoms with Gasteiger partial charge in [0, 0.05) is 5.70 Å². The Morgan fingerprint density at radius 1 is 1.14 bits per heavy atom. The lowest BCUT2D eigenvalue weighted by Gasteiger charge is -2.35. The van der Waals surface area contributed by atoms with E-state index in [4.69, 9.17) is 4.74 Å². The summed E-state index contributed by atoms with van der Waals surface area (Å²) in [5.74, 6) is -1.17. The molecule has 1 heterocycles. The Balaban J connectivity index is 2.05. The Labute approximate surface area is 169 Å². The van der Waals surface area contributed by atoms with Crippen molar-refractivity contribution in [3.05, 3.63) is 70.9 Å². The fraction of sp³-hybridized carbons (Fsp3) is 0.273. The van der Waals surface area contributed by atoms with Crippen molar-refractivity contribution in [2.24, 2.45) is 0 Å². The molecule has 7 heteroatoms. The molecule has 0 saturated carbocycles. The summed E-state index contributed by atoms with van der Waals surface area (Å²) in [5, 5.41) is 22.3. The summed E-state index contributed by atoms with van der Waals surface area (Å²) in [6.45, 7) is 5.49. The van der Waals surface area contributed by atoms with Crippen LogP contribution in [0.1, 0.15) is 37.9 Å². The molecule has 7 nitrogen and oxygen atoms in total. The summed E-state index contributed by atoms with van der Waals surface area (Å²) in [6, 6.07) is 12.4. The molecule has 2 aromatic rings. The molecule has 0 fully saturated rings. The number of allylic oxidation sites excluding steroid dienone is 1. The third kappa shape index (κ3) is 4.34. The van der Waals surface area contributed by atoms with Gasteiger partial charge in [-0.1, -0.05) is 36.4 Å². The van der Waals surface area contributed by atoms with Crippen molar-refractivity contribution in [1.82, 2.24) is 10.2 Å². The fourth-order valence-corrected chi connectivity index (χ4v) is 3.25. The molecule has 3 N–H and O–H groups in total. The predicted molar refractivity (Wildman–Crippen MR) is 107 cm³/mol. The van der Waals surface area contributed by atoms with Gasteiger partial charge in [-0.05, 0) is 44.0 Å². The SMILES string of the molecule is CC1=C(C(=O)OC(C)C)C(c2ccc(O)c(O)c2)NC(=O)N1Cc1ccccc1. The van der Waals surface area contributed by atoms with Crippen LogP contribution >= 0.6 is 0 Å². The molecule has 0 aliphatic carbocycles. The second-order valence-electron chi connectivity index (χ2n) is 7.16. The van der Waals surface area contributed by atoms with Crippen molar-refractivity contribution in [2.75, 3.05) is 0 Å². The number of rotatable bonds is 5. The first-order valence-corrected chi connectivity index (χ1v) is 9.33. The molecule has 1 aliphatic rings. The van der Waals surface area contributed by atoms with Crippen LogP contribution in [0.2, 0.25) is 0 Å². The van der Waals surface area contributed by atoms with Gasteiger partial charge in [0.1, 0.15) is 0 Å². The highest BCUT2D eigenvalue weighted by molar-refractivity contribution is 5.95. The molecule has 3 rings (SSSR count). The molecule has 0 aromatic heterocycles. The van der Waals surface area contributed by atoms with E-state index < -0.39 is 12.0 Å². The maximum absolute atomic E-state index is 12.9. The lowest BCUT2D eigenvalue weighted by atomic mass is 9.94. The maximum Gasteiger partial charge on any atom is 0.338 e. The number of carbonyl (C=O) groups excluding carboxylic acids is 2. The highest BCUT2D eigenvalue weighted by Crippen LogP contribution is 2.35. The van der Waals surface area contributed by atoms with Crippen molar-refractivity contribution in [2.45, 2.75) is 39.5 Å². The minimum atomic E-state index is -0.813. The minimum Gasteiger partial charge on any atom is -0.504 e. The predicted octanol–water partition coefficient (Wildman–Crippen LogP) is 3.59.